The third-order valence-corrected chi connectivity index (χ3v) is 4.27. The van der Waals surface area contributed by atoms with Crippen molar-refractivity contribution in [2.24, 2.45) is 0 Å². The largest absolute Gasteiger partial charge is 0.490 e. The minimum absolute atomic E-state index is 0.00565. The predicted octanol–water partition coefficient (Wildman–Crippen LogP) is 4.26. The molecule has 0 unspecified atom stereocenters. The first-order chi connectivity index (χ1) is 13.1. The van der Waals surface area contributed by atoms with Crippen molar-refractivity contribution in [1.29, 1.82) is 0 Å². The summed E-state index contributed by atoms with van der Waals surface area (Å²) in [5.41, 5.74) is 1.89. The van der Waals surface area contributed by atoms with Crippen molar-refractivity contribution in [3.8, 4) is 23.0 Å². The zero-order valence-corrected chi connectivity index (χ0v) is 16.5. The molecule has 1 atom stereocenters. The van der Waals surface area contributed by atoms with Crippen LogP contribution in [0.25, 0.3) is 0 Å². The summed E-state index contributed by atoms with van der Waals surface area (Å²) in [6.07, 6.45) is 0. The lowest BCUT2D eigenvalue weighted by Gasteiger charge is -2.19. The van der Waals surface area contributed by atoms with Gasteiger partial charge in [0.25, 0.3) is 0 Å². The summed E-state index contributed by atoms with van der Waals surface area (Å²) in [7, 11) is 0. The fraction of sp³-hybridized carbons (Fsp3) is 0.350. The Kier molecular flexibility index (Phi) is 6.24. The second-order valence-electron chi connectivity index (χ2n) is 5.96. The van der Waals surface area contributed by atoms with Gasteiger partial charge >= 0.3 is 0 Å². The second-order valence-corrected chi connectivity index (χ2v) is 6.37. The van der Waals surface area contributed by atoms with Crippen molar-refractivity contribution in [2.75, 3.05) is 25.3 Å². The Bertz CT molecular complexity index is 813. The summed E-state index contributed by atoms with van der Waals surface area (Å²) < 4.78 is 22.0. The van der Waals surface area contributed by atoms with Gasteiger partial charge in [-0.3, -0.25) is 0 Å². The summed E-state index contributed by atoms with van der Waals surface area (Å²) in [6, 6.07) is 11.5. The molecule has 3 rings (SSSR count). The molecule has 7 heteroatoms. The van der Waals surface area contributed by atoms with Crippen molar-refractivity contribution in [3.63, 3.8) is 0 Å². The van der Waals surface area contributed by atoms with E-state index in [1.54, 1.807) is 0 Å². The van der Waals surface area contributed by atoms with Gasteiger partial charge in [0.1, 0.15) is 0 Å². The maximum absolute atomic E-state index is 5.70. The van der Waals surface area contributed by atoms with E-state index in [0.717, 1.165) is 28.5 Å². The molecule has 0 saturated carbocycles. The van der Waals surface area contributed by atoms with Crippen LogP contribution in [0.1, 0.15) is 32.4 Å². The molecule has 0 radical (unpaired) electrons. The molecule has 1 heterocycles. The van der Waals surface area contributed by atoms with E-state index in [0.29, 0.717) is 24.1 Å². The molecule has 2 N–H and O–H groups in total. The fourth-order valence-electron chi connectivity index (χ4n) is 2.76. The summed E-state index contributed by atoms with van der Waals surface area (Å²) >= 11 is 5.44. The smallest absolute Gasteiger partial charge is 0.231 e. The van der Waals surface area contributed by atoms with Crippen molar-refractivity contribution < 1.29 is 18.9 Å². The van der Waals surface area contributed by atoms with E-state index in [1.165, 1.54) is 0 Å². The Morgan fingerprint density at radius 1 is 1.04 bits per heavy atom. The summed E-state index contributed by atoms with van der Waals surface area (Å²) in [4.78, 5) is 0. The third-order valence-electron chi connectivity index (χ3n) is 4.05. The van der Waals surface area contributed by atoms with E-state index in [1.807, 2.05) is 57.2 Å². The van der Waals surface area contributed by atoms with Crippen molar-refractivity contribution in [2.45, 2.75) is 26.8 Å². The minimum Gasteiger partial charge on any atom is -0.490 e. The molecule has 0 aromatic heterocycles. The molecular weight excluding hydrogens is 364 g/mol. The van der Waals surface area contributed by atoms with Gasteiger partial charge in [-0.15, -0.1) is 0 Å². The van der Waals surface area contributed by atoms with Gasteiger partial charge in [-0.2, -0.15) is 0 Å². The highest BCUT2D eigenvalue weighted by Crippen LogP contribution is 2.34. The normalized spacial score (nSPS) is 13.0. The molecule has 1 aliphatic rings. The lowest BCUT2D eigenvalue weighted by molar-refractivity contribution is 0.174. The Hall–Kier alpha value is -2.67. The summed E-state index contributed by atoms with van der Waals surface area (Å²) in [5.74, 6) is 2.94. The van der Waals surface area contributed by atoms with Gasteiger partial charge in [0.05, 0.1) is 19.3 Å². The van der Waals surface area contributed by atoms with E-state index < -0.39 is 0 Å². The number of thiocarbonyl (C=S) groups is 1. The zero-order chi connectivity index (χ0) is 19.2. The standard InChI is InChI=1S/C20H24N2O4S/c1-4-23-16-8-6-14(10-18(16)24-5-2)13(3)21-20(27)22-15-7-9-17-19(11-15)26-12-25-17/h6-11,13H,4-5,12H2,1-3H3,(H2,21,22,27)/t13-/m0/s1. The Morgan fingerprint density at radius 3 is 2.56 bits per heavy atom. The van der Waals surface area contributed by atoms with Gasteiger partial charge in [0, 0.05) is 11.8 Å². The molecule has 144 valence electrons. The van der Waals surface area contributed by atoms with Crippen LogP contribution in [0.3, 0.4) is 0 Å². The molecule has 0 fully saturated rings. The quantitative estimate of drug-likeness (QED) is 0.687. The number of ether oxygens (including phenoxy) is 4. The van der Waals surface area contributed by atoms with E-state index in [4.69, 9.17) is 31.2 Å². The van der Waals surface area contributed by atoms with Crippen LogP contribution in [0.5, 0.6) is 23.0 Å². The number of anilines is 1. The maximum atomic E-state index is 5.70. The maximum Gasteiger partial charge on any atom is 0.231 e. The zero-order valence-electron chi connectivity index (χ0n) is 15.7. The van der Waals surface area contributed by atoms with Gasteiger partial charge in [0.2, 0.25) is 6.79 Å². The Balaban J connectivity index is 1.64. The summed E-state index contributed by atoms with van der Waals surface area (Å²) in [6.45, 7) is 7.37. The minimum atomic E-state index is -0.00565. The van der Waals surface area contributed by atoms with Crippen LogP contribution < -0.4 is 29.6 Å². The monoisotopic (exact) mass is 388 g/mol. The average Bonchev–Trinajstić information content (AvgIpc) is 3.11. The molecule has 27 heavy (non-hydrogen) atoms. The molecular formula is C20H24N2O4S. The molecule has 2 aromatic rings. The average molecular weight is 388 g/mol. The third kappa shape index (κ3) is 4.74. The lowest BCUT2D eigenvalue weighted by atomic mass is 10.1. The van der Waals surface area contributed by atoms with E-state index in [-0.39, 0.29) is 12.8 Å². The SMILES string of the molecule is CCOc1ccc([C@H](C)NC(=S)Nc2ccc3c(c2)OCO3)cc1OCC. The van der Waals surface area contributed by atoms with Gasteiger partial charge in [-0.25, -0.2) is 0 Å². The van der Waals surface area contributed by atoms with Gasteiger partial charge in [-0.05, 0) is 62.8 Å². The van der Waals surface area contributed by atoms with Crippen LogP contribution in [0, 0.1) is 0 Å². The topological polar surface area (TPSA) is 61.0 Å². The molecule has 0 amide bonds. The van der Waals surface area contributed by atoms with Gasteiger partial charge in [0.15, 0.2) is 28.1 Å². The Labute approximate surface area is 164 Å². The highest BCUT2D eigenvalue weighted by Gasteiger charge is 2.15. The number of benzene rings is 2. The molecule has 6 nitrogen and oxygen atoms in total. The first kappa shape index (κ1) is 19.1. The molecule has 0 aliphatic carbocycles. The van der Waals surface area contributed by atoms with Crippen LogP contribution in [-0.4, -0.2) is 25.1 Å². The van der Waals surface area contributed by atoms with Crippen molar-refractivity contribution in [3.05, 3.63) is 42.0 Å². The van der Waals surface area contributed by atoms with Gasteiger partial charge in [-0.1, -0.05) is 6.07 Å². The van der Waals surface area contributed by atoms with Crippen LogP contribution >= 0.6 is 12.2 Å². The van der Waals surface area contributed by atoms with Crippen LogP contribution in [0.15, 0.2) is 36.4 Å². The van der Waals surface area contributed by atoms with E-state index >= 15 is 0 Å². The Morgan fingerprint density at radius 2 is 1.78 bits per heavy atom. The van der Waals surface area contributed by atoms with Gasteiger partial charge < -0.3 is 29.6 Å². The summed E-state index contributed by atoms with van der Waals surface area (Å²) in [5, 5.41) is 6.98. The first-order valence-electron chi connectivity index (χ1n) is 8.97. The first-order valence-corrected chi connectivity index (χ1v) is 9.38. The highest BCUT2D eigenvalue weighted by atomic mass is 32.1. The fourth-order valence-corrected chi connectivity index (χ4v) is 3.05. The second kappa shape index (κ2) is 8.81. The molecule has 1 aliphatic heterocycles. The van der Waals surface area contributed by atoms with Crippen LogP contribution in [0.4, 0.5) is 5.69 Å². The van der Waals surface area contributed by atoms with Crippen molar-refractivity contribution in [1.82, 2.24) is 5.32 Å². The number of hydrogen-bond donors (Lipinski definition) is 2. The number of rotatable bonds is 7. The van der Waals surface area contributed by atoms with Crippen LogP contribution in [0.2, 0.25) is 0 Å². The highest BCUT2D eigenvalue weighted by molar-refractivity contribution is 7.80. The number of hydrogen-bond acceptors (Lipinski definition) is 5. The van der Waals surface area contributed by atoms with Crippen LogP contribution in [-0.2, 0) is 0 Å². The lowest BCUT2D eigenvalue weighted by Crippen LogP contribution is -2.30. The molecule has 0 saturated heterocycles. The molecule has 0 bridgehead atoms. The van der Waals surface area contributed by atoms with E-state index in [9.17, 15) is 0 Å². The molecule has 2 aromatic carbocycles. The number of fused-ring (bicyclic) bond motifs is 1. The van der Waals surface area contributed by atoms with E-state index in [2.05, 4.69) is 10.6 Å². The predicted molar refractivity (Wildman–Crippen MR) is 109 cm³/mol. The van der Waals surface area contributed by atoms with Crippen molar-refractivity contribution >= 4 is 23.0 Å². The molecule has 0 spiro atoms. The number of nitrogens with one attached hydrogen (secondary N) is 2.